The van der Waals surface area contributed by atoms with Gasteiger partial charge in [-0.05, 0) is 48.0 Å². The third-order valence-corrected chi connectivity index (χ3v) is 4.76. The summed E-state index contributed by atoms with van der Waals surface area (Å²) in [4.78, 5) is 0. The van der Waals surface area contributed by atoms with Crippen LogP contribution in [0.25, 0.3) is 5.69 Å². The Bertz CT molecular complexity index is 770. The van der Waals surface area contributed by atoms with E-state index in [1.807, 2.05) is 48.5 Å². The average Bonchev–Trinajstić information content (AvgIpc) is 2.96. The highest BCUT2D eigenvalue weighted by Crippen LogP contribution is 2.37. The van der Waals surface area contributed by atoms with Gasteiger partial charge < -0.3 is 0 Å². The third-order valence-electron chi connectivity index (χ3n) is 3.34. The summed E-state index contributed by atoms with van der Waals surface area (Å²) in [6.07, 6.45) is 0. The maximum Gasteiger partial charge on any atom is 0.214 e. The Kier molecular flexibility index (Phi) is 4.45. The van der Waals surface area contributed by atoms with Crippen LogP contribution in [0.5, 0.6) is 0 Å². The van der Waals surface area contributed by atoms with Crippen molar-refractivity contribution >= 4 is 23.4 Å². The monoisotopic (exact) mass is 330 g/mol. The Morgan fingerprint density at radius 3 is 2.55 bits per heavy atom. The number of nitrogens with zero attached hydrogens (tertiary/aromatic N) is 4. The molecule has 0 saturated carbocycles. The maximum atomic E-state index is 6.26. The third kappa shape index (κ3) is 3.15. The predicted octanol–water partition coefficient (Wildman–Crippen LogP) is 4.48. The first-order valence-corrected chi connectivity index (χ1v) is 8.17. The molecule has 1 atom stereocenters. The van der Waals surface area contributed by atoms with Crippen molar-refractivity contribution in [1.29, 1.82) is 0 Å². The molecule has 4 nitrogen and oxygen atoms in total. The van der Waals surface area contributed by atoms with E-state index in [1.54, 1.807) is 16.4 Å². The van der Waals surface area contributed by atoms with Crippen LogP contribution >= 0.6 is 23.4 Å². The van der Waals surface area contributed by atoms with E-state index in [0.29, 0.717) is 0 Å². The molecule has 0 aliphatic carbocycles. The Morgan fingerprint density at radius 1 is 1.09 bits per heavy atom. The van der Waals surface area contributed by atoms with Gasteiger partial charge in [-0.25, -0.2) is 0 Å². The van der Waals surface area contributed by atoms with Crippen molar-refractivity contribution < 1.29 is 0 Å². The molecule has 1 heterocycles. The quantitative estimate of drug-likeness (QED) is 0.662. The zero-order valence-corrected chi connectivity index (χ0v) is 13.8. The molecule has 0 aliphatic rings. The number of benzene rings is 2. The number of thioether (sulfide) groups is 1. The van der Waals surface area contributed by atoms with Gasteiger partial charge >= 0.3 is 0 Å². The van der Waals surface area contributed by atoms with E-state index in [0.717, 1.165) is 21.4 Å². The van der Waals surface area contributed by atoms with Gasteiger partial charge in [-0.3, -0.25) is 0 Å². The Morgan fingerprint density at radius 2 is 1.82 bits per heavy atom. The van der Waals surface area contributed by atoms with Gasteiger partial charge in [-0.2, -0.15) is 4.68 Å². The largest absolute Gasteiger partial charge is 0.214 e. The van der Waals surface area contributed by atoms with E-state index < -0.39 is 0 Å². The van der Waals surface area contributed by atoms with E-state index in [9.17, 15) is 0 Å². The SMILES string of the molecule is Cc1ccc(-n2nnnc2S[C@H](C)c2ccccc2Cl)cc1. The minimum atomic E-state index is 0.156. The van der Waals surface area contributed by atoms with E-state index in [4.69, 9.17) is 11.6 Å². The van der Waals surface area contributed by atoms with Gasteiger partial charge in [0.1, 0.15) is 0 Å². The van der Waals surface area contributed by atoms with Gasteiger partial charge in [-0.15, -0.1) is 5.10 Å². The predicted molar refractivity (Wildman–Crippen MR) is 89.6 cm³/mol. The molecular weight excluding hydrogens is 316 g/mol. The zero-order valence-electron chi connectivity index (χ0n) is 12.3. The highest BCUT2D eigenvalue weighted by atomic mass is 35.5. The van der Waals surface area contributed by atoms with E-state index >= 15 is 0 Å². The van der Waals surface area contributed by atoms with Gasteiger partial charge in [0.15, 0.2) is 0 Å². The molecule has 0 fully saturated rings. The number of rotatable bonds is 4. The second-order valence-corrected chi connectivity index (χ2v) is 6.71. The average molecular weight is 331 g/mol. The lowest BCUT2D eigenvalue weighted by molar-refractivity contribution is 0.755. The van der Waals surface area contributed by atoms with Crippen LogP contribution in [0.2, 0.25) is 5.02 Å². The normalized spacial score (nSPS) is 12.3. The zero-order chi connectivity index (χ0) is 15.5. The Labute approximate surface area is 138 Å². The smallest absolute Gasteiger partial charge is 0.187 e. The Hall–Kier alpha value is -1.85. The second-order valence-electron chi connectivity index (χ2n) is 4.99. The van der Waals surface area contributed by atoms with Crippen molar-refractivity contribution in [2.45, 2.75) is 24.3 Å². The van der Waals surface area contributed by atoms with Crippen molar-refractivity contribution in [2.75, 3.05) is 0 Å². The summed E-state index contributed by atoms with van der Waals surface area (Å²) >= 11 is 7.85. The van der Waals surface area contributed by atoms with Crippen LogP contribution in [-0.2, 0) is 0 Å². The summed E-state index contributed by atoms with van der Waals surface area (Å²) in [5.74, 6) is 0. The maximum absolute atomic E-state index is 6.26. The van der Waals surface area contributed by atoms with Crippen molar-refractivity contribution in [1.82, 2.24) is 20.2 Å². The molecule has 0 radical (unpaired) electrons. The molecule has 2 aromatic carbocycles. The van der Waals surface area contributed by atoms with Gasteiger partial charge in [0.05, 0.1) is 5.69 Å². The first kappa shape index (κ1) is 15.1. The summed E-state index contributed by atoms with van der Waals surface area (Å²) in [5.41, 5.74) is 3.23. The molecule has 0 saturated heterocycles. The molecule has 0 bridgehead atoms. The highest BCUT2D eigenvalue weighted by molar-refractivity contribution is 7.99. The number of tetrazole rings is 1. The molecule has 0 aliphatic heterocycles. The highest BCUT2D eigenvalue weighted by Gasteiger charge is 2.16. The minimum absolute atomic E-state index is 0.156. The fraction of sp³-hybridized carbons (Fsp3) is 0.188. The number of hydrogen-bond donors (Lipinski definition) is 0. The van der Waals surface area contributed by atoms with Crippen molar-refractivity contribution in [3.8, 4) is 5.69 Å². The second kappa shape index (κ2) is 6.50. The molecule has 112 valence electrons. The van der Waals surface area contributed by atoms with Crippen LogP contribution in [0, 0.1) is 6.92 Å². The molecule has 3 aromatic rings. The first-order chi connectivity index (χ1) is 10.6. The fourth-order valence-electron chi connectivity index (χ4n) is 2.13. The molecule has 0 amide bonds. The van der Waals surface area contributed by atoms with Crippen LogP contribution in [0.3, 0.4) is 0 Å². The number of aryl methyl sites for hydroxylation is 1. The molecule has 0 N–H and O–H groups in total. The molecular formula is C16H15ClN4S. The molecule has 22 heavy (non-hydrogen) atoms. The Balaban J connectivity index is 1.86. The number of halogens is 1. The summed E-state index contributed by atoms with van der Waals surface area (Å²) < 4.78 is 1.75. The summed E-state index contributed by atoms with van der Waals surface area (Å²) in [6, 6.07) is 16.0. The lowest BCUT2D eigenvalue weighted by atomic mass is 10.2. The molecule has 6 heteroatoms. The van der Waals surface area contributed by atoms with E-state index in [2.05, 4.69) is 29.4 Å². The van der Waals surface area contributed by atoms with Gasteiger partial charge in [0.25, 0.3) is 0 Å². The molecule has 0 unspecified atom stereocenters. The number of aromatic nitrogens is 4. The lowest BCUT2D eigenvalue weighted by Crippen LogP contribution is -2.00. The van der Waals surface area contributed by atoms with E-state index in [1.165, 1.54) is 5.56 Å². The number of hydrogen-bond acceptors (Lipinski definition) is 4. The topological polar surface area (TPSA) is 43.6 Å². The van der Waals surface area contributed by atoms with Gasteiger partial charge in [-0.1, -0.05) is 59.3 Å². The van der Waals surface area contributed by atoms with Crippen LogP contribution < -0.4 is 0 Å². The van der Waals surface area contributed by atoms with Crippen molar-refractivity contribution in [3.63, 3.8) is 0 Å². The fourth-order valence-corrected chi connectivity index (χ4v) is 3.47. The van der Waals surface area contributed by atoms with Crippen LogP contribution in [0.4, 0.5) is 0 Å². The van der Waals surface area contributed by atoms with Gasteiger partial charge in [0.2, 0.25) is 5.16 Å². The first-order valence-electron chi connectivity index (χ1n) is 6.91. The van der Waals surface area contributed by atoms with Crippen LogP contribution in [-0.4, -0.2) is 20.2 Å². The molecule has 1 aromatic heterocycles. The summed E-state index contributed by atoms with van der Waals surface area (Å²) in [7, 11) is 0. The summed E-state index contributed by atoms with van der Waals surface area (Å²) in [5, 5.41) is 13.7. The molecule has 0 spiro atoms. The van der Waals surface area contributed by atoms with Crippen molar-refractivity contribution in [3.05, 3.63) is 64.7 Å². The van der Waals surface area contributed by atoms with Crippen LogP contribution in [0.1, 0.15) is 23.3 Å². The molecule has 3 rings (SSSR count). The van der Waals surface area contributed by atoms with E-state index in [-0.39, 0.29) is 5.25 Å². The van der Waals surface area contributed by atoms with Gasteiger partial charge in [0, 0.05) is 10.3 Å². The minimum Gasteiger partial charge on any atom is -0.187 e. The van der Waals surface area contributed by atoms with Crippen molar-refractivity contribution in [2.24, 2.45) is 0 Å². The van der Waals surface area contributed by atoms with Crippen LogP contribution in [0.15, 0.2) is 53.7 Å². The summed E-state index contributed by atoms with van der Waals surface area (Å²) in [6.45, 7) is 4.15. The standard InChI is InChI=1S/C16H15ClN4S/c1-11-7-9-13(10-8-11)21-16(18-19-20-21)22-12(2)14-5-3-4-6-15(14)17/h3-10,12H,1-2H3/t12-/m1/s1. The lowest BCUT2D eigenvalue weighted by Gasteiger charge is -2.12.